The summed E-state index contributed by atoms with van der Waals surface area (Å²) in [6.45, 7) is -0.295. The third kappa shape index (κ3) is 1.78. The molecule has 0 radical (unpaired) electrons. The van der Waals surface area contributed by atoms with Crippen molar-refractivity contribution in [3.8, 4) is 0 Å². The lowest BCUT2D eigenvalue weighted by Crippen LogP contribution is -2.10. The Labute approximate surface area is 86.4 Å². The number of rotatable bonds is 2. The molecule has 0 heterocycles. The average Bonchev–Trinajstić information content (AvgIpc) is 2.27. The van der Waals surface area contributed by atoms with Gasteiger partial charge in [-0.1, -0.05) is 42.5 Å². The van der Waals surface area contributed by atoms with E-state index in [4.69, 9.17) is 1.37 Å². The molecule has 2 aromatic rings. The summed E-state index contributed by atoms with van der Waals surface area (Å²) in [5.41, 5.74) is 1.07. The standard InChI is InChI=1S/C13H15N/c1-14(2)10-12-8-5-7-11-6-3-4-9-13(11)12/h3-9H,10H2,1-2H3/i10D. The van der Waals surface area contributed by atoms with Crippen LogP contribution in [0.4, 0.5) is 0 Å². The Bertz CT molecular complexity index is 460. The maximum atomic E-state index is 8.08. The number of hydrogen-bond donors (Lipinski definition) is 0. The summed E-state index contributed by atoms with van der Waals surface area (Å²) >= 11 is 0. The van der Waals surface area contributed by atoms with Crippen LogP contribution in [0.25, 0.3) is 10.8 Å². The monoisotopic (exact) mass is 186 g/mol. The SMILES string of the molecule is [2H]C(c1cccc2ccccc12)N(C)C. The predicted molar refractivity (Wildman–Crippen MR) is 61.3 cm³/mol. The first-order valence-corrected chi connectivity index (χ1v) is 4.76. The van der Waals surface area contributed by atoms with Crippen LogP contribution in [0, 0.1) is 0 Å². The van der Waals surface area contributed by atoms with Crippen molar-refractivity contribution in [2.75, 3.05) is 14.1 Å². The van der Waals surface area contributed by atoms with E-state index in [1.54, 1.807) is 0 Å². The van der Waals surface area contributed by atoms with Gasteiger partial charge < -0.3 is 4.90 Å². The van der Waals surface area contributed by atoms with Gasteiger partial charge in [-0.3, -0.25) is 0 Å². The highest BCUT2D eigenvalue weighted by Gasteiger charge is 2.00. The third-order valence-electron chi connectivity index (χ3n) is 2.22. The normalized spacial score (nSPS) is 14.4. The first-order valence-electron chi connectivity index (χ1n) is 5.34. The summed E-state index contributed by atoms with van der Waals surface area (Å²) in [5.74, 6) is 0. The van der Waals surface area contributed by atoms with Gasteiger partial charge in [-0.05, 0) is 30.4 Å². The van der Waals surface area contributed by atoms with Crippen LogP contribution < -0.4 is 0 Å². The van der Waals surface area contributed by atoms with Crippen LogP contribution in [0.5, 0.6) is 0 Å². The molecule has 0 saturated heterocycles. The average molecular weight is 186 g/mol. The maximum absolute atomic E-state index is 8.08. The summed E-state index contributed by atoms with van der Waals surface area (Å²) in [4.78, 5) is 1.90. The van der Waals surface area contributed by atoms with E-state index in [9.17, 15) is 0 Å². The first kappa shape index (κ1) is 8.01. The van der Waals surface area contributed by atoms with Crippen LogP contribution in [0.3, 0.4) is 0 Å². The zero-order valence-corrected chi connectivity index (χ0v) is 8.57. The largest absolute Gasteiger partial charge is 0.305 e. The topological polar surface area (TPSA) is 3.24 Å². The molecular weight excluding hydrogens is 170 g/mol. The molecule has 72 valence electrons. The molecule has 0 aliphatic carbocycles. The Balaban J connectivity index is 2.60. The lowest BCUT2D eigenvalue weighted by molar-refractivity contribution is 0.404. The van der Waals surface area contributed by atoms with Crippen molar-refractivity contribution in [3.63, 3.8) is 0 Å². The fourth-order valence-corrected chi connectivity index (χ4v) is 1.64. The zero-order valence-electron chi connectivity index (χ0n) is 9.57. The lowest BCUT2D eigenvalue weighted by atomic mass is 10.0. The minimum absolute atomic E-state index is 0.295. The van der Waals surface area contributed by atoms with Crippen LogP contribution in [0.1, 0.15) is 6.93 Å². The second-order valence-electron chi connectivity index (χ2n) is 3.66. The molecule has 1 unspecified atom stereocenters. The Morgan fingerprint density at radius 1 is 1.07 bits per heavy atom. The highest BCUT2D eigenvalue weighted by Crippen LogP contribution is 2.18. The van der Waals surface area contributed by atoms with Crippen molar-refractivity contribution >= 4 is 10.8 Å². The first-order chi connectivity index (χ1) is 7.20. The van der Waals surface area contributed by atoms with Crippen molar-refractivity contribution in [2.24, 2.45) is 0 Å². The highest BCUT2D eigenvalue weighted by molar-refractivity contribution is 5.85. The quantitative estimate of drug-likeness (QED) is 0.697. The van der Waals surface area contributed by atoms with E-state index >= 15 is 0 Å². The number of benzene rings is 2. The predicted octanol–water partition coefficient (Wildman–Crippen LogP) is 2.90. The summed E-state index contributed by atoms with van der Waals surface area (Å²) in [7, 11) is 3.86. The molecule has 1 atom stereocenters. The van der Waals surface area contributed by atoms with Crippen LogP contribution in [-0.4, -0.2) is 19.0 Å². The molecule has 0 saturated carbocycles. The molecule has 14 heavy (non-hydrogen) atoms. The number of hydrogen-bond acceptors (Lipinski definition) is 1. The van der Waals surface area contributed by atoms with Crippen molar-refractivity contribution < 1.29 is 1.37 Å². The molecule has 0 bridgehead atoms. The fraction of sp³-hybridized carbons (Fsp3) is 0.231. The summed E-state index contributed by atoms with van der Waals surface area (Å²) < 4.78 is 8.08. The third-order valence-corrected chi connectivity index (χ3v) is 2.22. The molecule has 0 N–H and O–H groups in total. The smallest absolute Gasteiger partial charge is 0.0481 e. The molecule has 1 heteroatoms. The molecular formula is C13H15N. The van der Waals surface area contributed by atoms with E-state index in [1.807, 2.05) is 43.3 Å². The van der Waals surface area contributed by atoms with Gasteiger partial charge in [-0.15, -0.1) is 0 Å². The van der Waals surface area contributed by atoms with Gasteiger partial charge in [0.25, 0.3) is 0 Å². The second-order valence-corrected chi connectivity index (χ2v) is 3.66. The summed E-state index contributed by atoms with van der Waals surface area (Å²) in [6, 6.07) is 14.3. The van der Waals surface area contributed by atoms with E-state index in [1.165, 1.54) is 10.8 Å². The molecule has 1 nitrogen and oxygen atoms in total. The molecule has 0 aromatic heterocycles. The molecule has 2 aromatic carbocycles. The lowest BCUT2D eigenvalue weighted by Gasteiger charge is -2.11. The van der Waals surface area contributed by atoms with Crippen molar-refractivity contribution in [1.29, 1.82) is 0 Å². The second kappa shape index (κ2) is 3.81. The molecule has 0 fully saturated rings. The van der Waals surface area contributed by atoms with Gasteiger partial charge in [-0.25, -0.2) is 0 Å². The van der Waals surface area contributed by atoms with Crippen LogP contribution in [0.15, 0.2) is 42.5 Å². The van der Waals surface area contributed by atoms with E-state index < -0.39 is 0 Å². The van der Waals surface area contributed by atoms with E-state index in [2.05, 4.69) is 18.2 Å². The van der Waals surface area contributed by atoms with Gasteiger partial charge in [0.1, 0.15) is 0 Å². The van der Waals surface area contributed by atoms with E-state index in [0.717, 1.165) is 5.56 Å². The number of nitrogens with zero attached hydrogens (tertiary/aromatic N) is 1. The van der Waals surface area contributed by atoms with Gasteiger partial charge in [0.2, 0.25) is 0 Å². The van der Waals surface area contributed by atoms with Crippen LogP contribution in [0.2, 0.25) is 0 Å². The fourth-order valence-electron chi connectivity index (χ4n) is 1.64. The molecule has 0 aliphatic heterocycles. The Kier molecular flexibility index (Phi) is 2.18. The Hall–Kier alpha value is -1.34. The zero-order chi connectivity index (χ0) is 10.8. The van der Waals surface area contributed by atoms with Gasteiger partial charge in [0.05, 0.1) is 0 Å². The van der Waals surface area contributed by atoms with Crippen molar-refractivity contribution in [1.82, 2.24) is 4.90 Å². The van der Waals surface area contributed by atoms with Gasteiger partial charge in [0.15, 0.2) is 0 Å². The minimum atomic E-state index is -0.295. The highest BCUT2D eigenvalue weighted by atomic mass is 15.0. The van der Waals surface area contributed by atoms with E-state index in [0.29, 0.717) is 0 Å². The van der Waals surface area contributed by atoms with Gasteiger partial charge in [0, 0.05) is 7.89 Å². The van der Waals surface area contributed by atoms with Gasteiger partial charge in [-0.2, -0.15) is 0 Å². The molecule has 2 rings (SSSR count). The van der Waals surface area contributed by atoms with Crippen molar-refractivity contribution in [2.45, 2.75) is 6.52 Å². The maximum Gasteiger partial charge on any atom is 0.0481 e. The minimum Gasteiger partial charge on any atom is -0.305 e. The Morgan fingerprint density at radius 3 is 2.57 bits per heavy atom. The van der Waals surface area contributed by atoms with Crippen LogP contribution in [-0.2, 0) is 6.52 Å². The number of fused-ring (bicyclic) bond motifs is 1. The van der Waals surface area contributed by atoms with Gasteiger partial charge >= 0.3 is 0 Å². The molecule has 0 spiro atoms. The summed E-state index contributed by atoms with van der Waals surface area (Å²) in [6.07, 6.45) is 0. The molecule has 0 amide bonds. The Morgan fingerprint density at radius 2 is 1.79 bits per heavy atom. The summed E-state index contributed by atoms with van der Waals surface area (Å²) in [5, 5.41) is 2.38. The van der Waals surface area contributed by atoms with Crippen LogP contribution >= 0.6 is 0 Å². The van der Waals surface area contributed by atoms with E-state index in [-0.39, 0.29) is 6.52 Å². The van der Waals surface area contributed by atoms with Crippen molar-refractivity contribution in [3.05, 3.63) is 48.0 Å². The molecule has 0 aliphatic rings.